The zero-order chi connectivity index (χ0) is 16.4. The molecule has 0 radical (unpaired) electrons. The lowest BCUT2D eigenvalue weighted by Gasteiger charge is -2.20. The average molecular weight is 395 g/mol. The van der Waals surface area contributed by atoms with Crippen LogP contribution in [0.15, 0.2) is 21.1 Å². The fourth-order valence-corrected chi connectivity index (χ4v) is 3.71. The van der Waals surface area contributed by atoms with Crippen LogP contribution in [0.5, 0.6) is 11.5 Å². The number of benzene rings is 1. The molecule has 7 heteroatoms. The van der Waals surface area contributed by atoms with E-state index in [1.807, 2.05) is 12.1 Å². The molecule has 0 bridgehead atoms. The van der Waals surface area contributed by atoms with Crippen molar-refractivity contribution in [2.24, 2.45) is 0 Å². The summed E-state index contributed by atoms with van der Waals surface area (Å²) in [6.45, 7) is 2.73. The lowest BCUT2D eigenvalue weighted by molar-refractivity contribution is 0.142. The average Bonchev–Trinajstić information content (AvgIpc) is 2.88. The maximum Gasteiger partial charge on any atom is 0.229 e. The minimum Gasteiger partial charge on any atom is -0.486 e. The molecule has 1 fully saturated rings. The van der Waals surface area contributed by atoms with E-state index in [2.05, 4.69) is 26.1 Å². The molecule has 1 saturated heterocycles. The molecule has 1 aromatic heterocycles. The minimum atomic E-state index is 0.306. The second kappa shape index (κ2) is 7.11. The number of hydrogen-bond acceptors (Lipinski definition) is 6. The summed E-state index contributed by atoms with van der Waals surface area (Å²) >= 11 is 3.54. The molecule has 6 nitrogen and oxygen atoms in total. The summed E-state index contributed by atoms with van der Waals surface area (Å²) < 4.78 is 23.2. The van der Waals surface area contributed by atoms with Crippen molar-refractivity contribution in [2.45, 2.75) is 31.6 Å². The molecule has 1 aromatic carbocycles. The number of aromatic nitrogens is 2. The normalized spacial score (nSPS) is 20.6. The van der Waals surface area contributed by atoms with E-state index in [0.29, 0.717) is 31.4 Å². The summed E-state index contributed by atoms with van der Waals surface area (Å²) in [5, 5.41) is 4.14. The van der Waals surface area contributed by atoms with Crippen LogP contribution in [0.3, 0.4) is 0 Å². The SMILES string of the molecule is Brc1cc(Cc2noc(C3CCCOCC3)n2)cc2c1OCCO2. The highest BCUT2D eigenvalue weighted by atomic mass is 79.9. The maximum atomic E-state index is 5.66. The van der Waals surface area contributed by atoms with Crippen molar-refractivity contribution in [2.75, 3.05) is 26.4 Å². The number of hydrogen-bond donors (Lipinski definition) is 0. The summed E-state index contributed by atoms with van der Waals surface area (Å²) in [5.41, 5.74) is 1.06. The lowest BCUT2D eigenvalue weighted by atomic mass is 10.0. The van der Waals surface area contributed by atoms with E-state index < -0.39 is 0 Å². The lowest BCUT2D eigenvalue weighted by Crippen LogP contribution is -2.16. The van der Waals surface area contributed by atoms with Crippen molar-refractivity contribution in [3.8, 4) is 11.5 Å². The fraction of sp³-hybridized carbons (Fsp3) is 0.529. The topological polar surface area (TPSA) is 66.6 Å². The summed E-state index contributed by atoms with van der Waals surface area (Å²) in [6, 6.07) is 4.00. The van der Waals surface area contributed by atoms with E-state index in [0.717, 1.165) is 59.9 Å². The molecule has 24 heavy (non-hydrogen) atoms. The summed E-state index contributed by atoms with van der Waals surface area (Å²) in [6.07, 6.45) is 3.62. The van der Waals surface area contributed by atoms with Crippen LogP contribution in [0.1, 0.15) is 42.5 Å². The Bertz CT molecular complexity index is 711. The molecule has 2 aliphatic heterocycles. The van der Waals surface area contributed by atoms with Gasteiger partial charge in [-0.3, -0.25) is 0 Å². The largest absolute Gasteiger partial charge is 0.486 e. The van der Waals surface area contributed by atoms with E-state index >= 15 is 0 Å². The molecule has 3 heterocycles. The van der Waals surface area contributed by atoms with Gasteiger partial charge in [0.2, 0.25) is 5.89 Å². The summed E-state index contributed by atoms with van der Waals surface area (Å²) in [4.78, 5) is 4.59. The van der Waals surface area contributed by atoms with Gasteiger partial charge in [0, 0.05) is 25.6 Å². The Kier molecular flexibility index (Phi) is 4.71. The molecular weight excluding hydrogens is 376 g/mol. The predicted molar refractivity (Wildman–Crippen MR) is 89.6 cm³/mol. The zero-order valence-corrected chi connectivity index (χ0v) is 14.9. The van der Waals surface area contributed by atoms with Gasteiger partial charge in [-0.05, 0) is 52.9 Å². The second-order valence-electron chi connectivity index (χ2n) is 6.07. The van der Waals surface area contributed by atoms with E-state index in [-0.39, 0.29) is 0 Å². The van der Waals surface area contributed by atoms with Crippen molar-refractivity contribution in [1.82, 2.24) is 10.1 Å². The molecule has 2 aromatic rings. The molecule has 128 valence electrons. The van der Waals surface area contributed by atoms with Crippen LogP contribution < -0.4 is 9.47 Å². The van der Waals surface area contributed by atoms with Gasteiger partial charge in [0.25, 0.3) is 0 Å². The van der Waals surface area contributed by atoms with E-state index in [9.17, 15) is 0 Å². The van der Waals surface area contributed by atoms with Gasteiger partial charge >= 0.3 is 0 Å². The van der Waals surface area contributed by atoms with Gasteiger partial charge in [0.15, 0.2) is 17.3 Å². The molecule has 1 unspecified atom stereocenters. The van der Waals surface area contributed by atoms with Gasteiger partial charge in [-0.25, -0.2) is 0 Å². The van der Waals surface area contributed by atoms with E-state index in [1.54, 1.807) is 0 Å². The van der Waals surface area contributed by atoms with Gasteiger partial charge in [0.05, 0.1) is 4.47 Å². The molecule has 2 aliphatic rings. The molecule has 0 saturated carbocycles. The second-order valence-corrected chi connectivity index (χ2v) is 6.92. The number of nitrogens with zero attached hydrogens (tertiary/aromatic N) is 2. The number of rotatable bonds is 3. The fourth-order valence-electron chi connectivity index (χ4n) is 3.10. The first-order chi connectivity index (χ1) is 11.8. The van der Waals surface area contributed by atoms with Crippen molar-refractivity contribution < 1.29 is 18.7 Å². The van der Waals surface area contributed by atoms with E-state index in [4.69, 9.17) is 18.7 Å². The molecule has 0 amide bonds. The van der Waals surface area contributed by atoms with Crippen molar-refractivity contribution >= 4 is 15.9 Å². The molecule has 1 atom stereocenters. The molecule has 4 rings (SSSR count). The van der Waals surface area contributed by atoms with Crippen LogP contribution >= 0.6 is 15.9 Å². The van der Waals surface area contributed by atoms with Gasteiger partial charge in [-0.1, -0.05) is 5.16 Å². The first kappa shape index (κ1) is 15.9. The number of fused-ring (bicyclic) bond motifs is 1. The first-order valence-corrected chi connectivity index (χ1v) is 9.07. The van der Waals surface area contributed by atoms with E-state index in [1.165, 1.54) is 0 Å². The third-order valence-electron chi connectivity index (χ3n) is 4.30. The van der Waals surface area contributed by atoms with Crippen molar-refractivity contribution in [1.29, 1.82) is 0 Å². The Morgan fingerprint density at radius 1 is 1.08 bits per heavy atom. The third kappa shape index (κ3) is 3.42. The Morgan fingerprint density at radius 3 is 2.96 bits per heavy atom. The Morgan fingerprint density at radius 2 is 2.00 bits per heavy atom. The molecule has 0 spiro atoms. The molecular formula is C17H19BrN2O4. The Hall–Kier alpha value is -1.60. The zero-order valence-electron chi connectivity index (χ0n) is 13.3. The summed E-state index contributed by atoms with van der Waals surface area (Å²) in [7, 11) is 0. The summed E-state index contributed by atoms with van der Waals surface area (Å²) in [5.74, 6) is 3.25. The van der Waals surface area contributed by atoms with Gasteiger partial charge in [0.1, 0.15) is 13.2 Å². The van der Waals surface area contributed by atoms with Crippen LogP contribution in [-0.2, 0) is 11.2 Å². The minimum absolute atomic E-state index is 0.306. The quantitative estimate of drug-likeness (QED) is 0.793. The third-order valence-corrected chi connectivity index (χ3v) is 4.89. The molecule has 0 N–H and O–H groups in total. The number of halogens is 1. The van der Waals surface area contributed by atoms with Crippen LogP contribution in [0.25, 0.3) is 0 Å². The highest BCUT2D eigenvalue weighted by Gasteiger charge is 2.22. The van der Waals surface area contributed by atoms with Crippen LogP contribution in [0, 0.1) is 0 Å². The first-order valence-electron chi connectivity index (χ1n) is 8.28. The van der Waals surface area contributed by atoms with Crippen molar-refractivity contribution in [3.05, 3.63) is 33.9 Å². The smallest absolute Gasteiger partial charge is 0.229 e. The van der Waals surface area contributed by atoms with Gasteiger partial charge in [-0.15, -0.1) is 0 Å². The Balaban J connectivity index is 1.50. The van der Waals surface area contributed by atoms with Gasteiger partial charge < -0.3 is 18.7 Å². The highest BCUT2D eigenvalue weighted by molar-refractivity contribution is 9.10. The van der Waals surface area contributed by atoms with Gasteiger partial charge in [-0.2, -0.15) is 4.98 Å². The predicted octanol–water partition coefficient (Wildman–Crippen LogP) is 3.48. The standard InChI is InChI=1S/C17H19BrN2O4/c18-13-8-11(9-14-16(13)23-7-6-22-14)10-15-19-17(24-20-15)12-2-1-4-21-5-3-12/h8-9,12H,1-7,10H2. The number of ether oxygens (including phenoxy) is 3. The maximum absolute atomic E-state index is 5.66. The van der Waals surface area contributed by atoms with Crippen molar-refractivity contribution in [3.63, 3.8) is 0 Å². The van der Waals surface area contributed by atoms with Crippen LogP contribution in [0.2, 0.25) is 0 Å². The highest BCUT2D eigenvalue weighted by Crippen LogP contribution is 2.39. The van der Waals surface area contributed by atoms with Crippen LogP contribution in [-0.4, -0.2) is 36.6 Å². The Labute approximate surface area is 148 Å². The van der Waals surface area contributed by atoms with Crippen LogP contribution in [0.4, 0.5) is 0 Å². The monoisotopic (exact) mass is 394 g/mol. The molecule has 0 aliphatic carbocycles.